The Morgan fingerprint density at radius 3 is 2.88 bits per heavy atom. The maximum absolute atomic E-state index is 13.2. The van der Waals surface area contributed by atoms with Crippen LogP contribution in [-0.2, 0) is 6.54 Å². The van der Waals surface area contributed by atoms with E-state index in [2.05, 4.69) is 20.5 Å². The van der Waals surface area contributed by atoms with E-state index in [-0.39, 0.29) is 11.3 Å². The van der Waals surface area contributed by atoms with Crippen LogP contribution in [0, 0.1) is 5.41 Å². The molecule has 1 amide bonds. The minimum absolute atomic E-state index is 0.139. The fourth-order valence-electron chi connectivity index (χ4n) is 4.21. The number of hydrogen-bond donors (Lipinski definition) is 2. The van der Waals surface area contributed by atoms with Crippen molar-refractivity contribution in [3.63, 3.8) is 0 Å². The fourth-order valence-corrected chi connectivity index (χ4v) is 4.21. The topological polar surface area (TPSA) is 57.3 Å². The average Bonchev–Trinajstić information content (AvgIpc) is 3.14. The molecule has 2 aliphatic rings. The number of carbonyl (C=O) groups is 1. The Labute approximate surface area is 154 Å². The molecule has 0 unspecified atom stereocenters. The molecule has 3 heterocycles. The third-order valence-corrected chi connectivity index (χ3v) is 5.62. The highest BCUT2D eigenvalue weighted by Crippen LogP contribution is 2.36. The zero-order valence-electron chi connectivity index (χ0n) is 15.1. The summed E-state index contributed by atoms with van der Waals surface area (Å²) in [6, 6.07) is 13.7. The summed E-state index contributed by atoms with van der Waals surface area (Å²) in [5, 5.41) is 6.86. The number of rotatable bonds is 4. The van der Waals surface area contributed by atoms with Gasteiger partial charge in [0.1, 0.15) is 0 Å². The normalized spacial score (nSPS) is 22.5. The number of piperidine rings is 1. The Bertz CT molecular complexity index is 756. The molecule has 2 aliphatic heterocycles. The van der Waals surface area contributed by atoms with E-state index in [0.29, 0.717) is 6.54 Å². The predicted molar refractivity (Wildman–Crippen MR) is 103 cm³/mol. The molecule has 0 saturated carbocycles. The minimum atomic E-state index is 0.139. The average molecular weight is 350 g/mol. The predicted octanol–water partition coefficient (Wildman–Crippen LogP) is 2.91. The van der Waals surface area contributed by atoms with E-state index in [0.717, 1.165) is 49.5 Å². The Balaban J connectivity index is 1.49. The maximum atomic E-state index is 13.2. The van der Waals surface area contributed by atoms with Crippen LogP contribution < -0.4 is 10.6 Å². The first-order chi connectivity index (χ1) is 12.8. The summed E-state index contributed by atoms with van der Waals surface area (Å²) >= 11 is 0. The Hall–Kier alpha value is -2.40. The molecule has 1 aromatic carbocycles. The number of anilines is 1. The molecule has 0 bridgehead atoms. The highest BCUT2D eigenvalue weighted by molar-refractivity contribution is 5.99. The zero-order chi connectivity index (χ0) is 17.8. The number of carbonyl (C=O) groups excluding carboxylic acids is 1. The third-order valence-electron chi connectivity index (χ3n) is 5.62. The van der Waals surface area contributed by atoms with Crippen molar-refractivity contribution in [3.05, 3.63) is 59.9 Å². The lowest BCUT2D eigenvalue weighted by atomic mass is 9.79. The number of para-hydroxylation sites is 1. The van der Waals surface area contributed by atoms with Crippen molar-refractivity contribution in [1.29, 1.82) is 0 Å². The number of likely N-dealkylation sites (tertiary alicyclic amines) is 1. The smallest absolute Gasteiger partial charge is 0.255 e. The molecule has 1 atom stereocenters. The Morgan fingerprint density at radius 1 is 1.19 bits per heavy atom. The van der Waals surface area contributed by atoms with Gasteiger partial charge in [0.05, 0.1) is 17.8 Å². The summed E-state index contributed by atoms with van der Waals surface area (Å²) in [5.41, 5.74) is 2.88. The molecule has 136 valence electrons. The van der Waals surface area contributed by atoms with Crippen molar-refractivity contribution in [3.8, 4) is 0 Å². The highest BCUT2D eigenvalue weighted by atomic mass is 16.2. The highest BCUT2D eigenvalue weighted by Gasteiger charge is 2.39. The summed E-state index contributed by atoms with van der Waals surface area (Å²) in [5.74, 6) is 0.139. The molecule has 2 aromatic rings. The summed E-state index contributed by atoms with van der Waals surface area (Å²) in [4.78, 5) is 19.6. The van der Waals surface area contributed by atoms with E-state index >= 15 is 0 Å². The number of nitrogens with one attached hydrogen (secondary N) is 2. The second-order valence-corrected chi connectivity index (χ2v) is 7.48. The van der Waals surface area contributed by atoms with Crippen LogP contribution in [0.25, 0.3) is 0 Å². The molecule has 0 radical (unpaired) electrons. The van der Waals surface area contributed by atoms with Gasteiger partial charge in [0, 0.05) is 36.9 Å². The van der Waals surface area contributed by atoms with Crippen molar-refractivity contribution in [2.45, 2.75) is 25.8 Å². The first-order valence-electron chi connectivity index (χ1n) is 9.49. The van der Waals surface area contributed by atoms with E-state index in [4.69, 9.17) is 0 Å². The summed E-state index contributed by atoms with van der Waals surface area (Å²) in [7, 11) is 0. The lowest BCUT2D eigenvalue weighted by molar-refractivity contribution is 0.0554. The summed E-state index contributed by atoms with van der Waals surface area (Å²) in [6.45, 7) is 4.45. The number of nitrogens with zero attached hydrogens (tertiary/aromatic N) is 2. The molecule has 2 saturated heterocycles. The van der Waals surface area contributed by atoms with Gasteiger partial charge in [-0.25, -0.2) is 0 Å². The summed E-state index contributed by atoms with van der Waals surface area (Å²) < 4.78 is 0. The number of amides is 1. The van der Waals surface area contributed by atoms with E-state index in [1.807, 2.05) is 42.5 Å². The molecule has 1 spiro atoms. The van der Waals surface area contributed by atoms with E-state index < -0.39 is 0 Å². The molecule has 1 aromatic heterocycles. The quantitative estimate of drug-likeness (QED) is 0.890. The van der Waals surface area contributed by atoms with Crippen molar-refractivity contribution in [2.75, 3.05) is 31.5 Å². The molecule has 2 N–H and O–H groups in total. The van der Waals surface area contributed by atoms with Gasteiger partial charge in [-0.15, -0.1) is 0 Å². The summed E-state index contributed by atoms with van der Waals surface area (Å²) in [6.07, 6.45) is 5.29. The second kappa shape index (κ2) is 7.46. The molecule has 26 heavy (non-hydrogen) atoms. The van der Waals surface area contributed by atoms with Gasteiger partial charge in [-0.3, -0.25) is 9.78 Å². The molecular weight excluding hydrogens is 324 g/mol. The first kappa shape index (κ1) is 17.0. The van der Waals surface area contributed by atoms with Crippen LogP contribution in [-0.4, -0.2) is 42.0 Å². The van der Waals surface area contributed by atoms with Gasteiger partial charge in [-0.1, -0.05) is 18.2 Å². The van der Waals surface area contributed by atoms with Crippen LogP contribution in [0.2, 0.25) is 0 Å². The van der Waals surface area contributed by atoms with Gasteiger partial charge >= 0.3 is 0 Å². The van der Waals surface area contributed by atoms with Crippen LogP contribution in [0.4, 0.5) is 5.69 Å². The van der Waals surface area contributed by atoms with Gasteiger partial charge in [0.15, 0.2) is 0 Å². The lowest BCUT2D eigenvalue weighted by Crippen LogP contribution is -2.47. The van der Waals surface area contributed by atoms with Crippen molar-refractivity contribution >= 4 is 11.6 Å². The number of benzene rings is 1. The van der Waals surface area contributed by atoms with Gasteiger partial charge in [-0.05, 0) is 50.1 Å². The second-order valence-electron chi connectivity index (χ2n) is 7.48. The SMILES string of the molecule is O=C(c1ccccc1NCc1ccccn1)N1CCC[C@]2(CCNC2)C1. The third kappa shape index (κ3) is 3.58. The van der Waals surface area contributed by atoms with Gasteiger partial charge in [0.25, 0.3) is 5.91 Å². The van der Waals surface area contributed by atoms with E-state index in [1.165, 1.54) is 12.8 Å². The fraction of sp³-hybridized carbons (Fsp3) is 0.429. The van der Waals surface area contributed by atoms with Gasteiger partial charge in [-0.2, -0.15) is 0 Å². The number of hydrogen-bond acceptors (Lipinski definition) is 4. The molecule has 5 heteroatoms. The standard InChI is InChI=1S/C21H26N4O/c26-20(25-13-5-9-21(16-25)10-12-22-15-21)18-7-1-2-8-19(18)24-14-17-6-3-4-11-23-17/h1-4,6-8,11,22,24H,5,9-10,12-16H2/t21-/m1/s1. The Morgan fingerprint density at radius 2 is 2.08 bits per heavy atom. The van der Waals surface area contributed by atoms with Crippen molar-refractivity contribution in [2.24, 2.45) is 5.41 Å². The Kier molecular flexibility index (Phi) is 4.89. The van der Waals surface area contributed by atoms with Crippen LogP contribution in [0.5, 0.6) is 0 Å². The lowest BCUT2D eigenvalue weighted by Gasteiger charge is -2.40. The van der Waals surface area contributed by atoms with Crippen molar-refractivity contribution in [1.82, 2.24) is 15.2 Å². The van der Waals surface area contributed by atoms with Crippen LogP contribution in [0.15, 0.2) is 48.7 Å². The molecule has 2 fully saturated rings. The van der Waals surface area contributed by atoms with Gasteiger partial charge < -0.3 is 15.5 Å². The van der Waals surface area contributed by atoms with Gasteiger partial charge in [0.2, 0.25) is 0 Å². The van der Waals surface area contributed by atoms with E-state index in [1.54, 1.807) is 6.20 Å². The largest absolute Gasteiger partial charge is 0.379 e. The zero-order valence-corrected chi connectivity index (χ0v) is 15.1. The number of aromatic nitrogens is 1. The van der Waals surface area contributed by atoms with E-state index in [9.17, 15) is 4.79 Å². The van der Waals surface area contributed by atoms with Crippen molar-refractivity contribution < 1.29 is 4.79 Å². The van der Waals surface area contributed by atoms with Crippen LogP contribution in [0.1, 0.15) is 35.3 Å². The molecule has 4 rings (SSSR count). The monoisotopic (exact) mass is 350 g/mol. The molecule has 5 nitrogen and oxygen atoms in total. The molecule has 0 aliphatic carbocycles. The first-order valence-corrected chi connectivity index (χ1v) is 9.49. The minimum Gasteiger partial charge on any atom is -0.379 e. The number of pyridine rings is 1. The molecular formula is C21H26N4O. The van der Waals surface area contributed by atoms with Crippen LogP contribution >= 0.6 is 0 Å². The maximum Gasteiger partial charge on any atom is 0.255 e. The van der Waals surface area contributed by atoms with Crippen LogP contribution in [0.3, 0.4) is 0 Å².